The van der Waals surface area contributed by atoms with Crippen molar-refractivity contribution in [3.05, 3.63) is 40.0 Å². The van der Waals surface area contributed by atoms with E-state index in [0.717, 1.165) is 22.4 Å². The van der Waals surface area contributed by atoms with Crippen LogP contribution in [-0.4, -0.2) is 19.3 Å². The predicted molar refractivity (Wildman–Crippen MR) is 79.4 cm³/mol. The number of hydrogen-bond donors (Lipinski definition) is 1. The quantitative estimate of drug-likeness (QED) is 0.731. The van der Waals surface area contributed by atoms with Gasteiger partial charge in [0.15, 0.2) is 10.4 Å². The summed E-state index contributed by atoms with van der Waals surface area (Å²) in [5, 5.41) is 4.44. The second-order valence-corrected chi connectivity index (χ2v) is 5.21. The molecule has 104 valence electrons. The molecule has 2 heterocycles. The van der Waals surface area contributed by atoms with Gasteiger partial charge >= 0.3 is 0 Å². The molecular formula is C14H15FN4S. The van der Waals surface area contributed by atoms with E-state index >= 15 is 0 Å². The van der Waals surface area contributed by atoms with E-state index in [1.165, 1.54) is 6.07 Å². The molecule has 20 heavy (non-hydrogen) atoms. The lowest BCUT2D eigenvalue weighted by molar-refractivity contribution is 0.612. The van der Waals surface area contributed by atoms with Crippen LogP contribution in [0.2, 0.25) is 0 Å². The molecule has 3 aromatic rings. The maximum Gasteiger partial charge on any atom is 0.184 e. The van der Waals surface area contributed by atoms with Gasteiger partial charge in [0.2, 0.25) is 0 Å². The largest absolute Gasteiger partial charge is 0.327 e. The molecular weight excluding hydrogens is 275 g/mol. The van der Waals surface area contributed by atoms with E-state index in [0.29, 0.717) is 17.0 Å². The Bertz CT molecular complexity index is 856. The lowest BCUT2D eigenvalue weighted by Gasteiger charge is -2.08. The Balaban J connectivity index is 2.41. The fourth-order valence-corrected chi connectivity index (χ4v) is 2.73. The first-order chi connectivity index (χ1) is 9.52. The van der Waals surface area contributed by atoms with Crippen molar-refractivity contribution in [2.75, 3.05) is 0 Å². The number of halogens is 1. The molecule has 1 N–H and O–H groups in total. The third-order valence-electron chi connectivity index (χ3n) is 3.39. The second-order valence-electron chi connectivity index (χ2n) is 4.82. The van der Waals surface area contributed by atoms with Crippen molar-refractivity contribution in [2.24, 2.45) is 0 Å². The van der Waals surface area contributed by atoms with Crippen LogP contribution in [0.4, 0.5) is 4.39 Å². The number of aromatic amines is 1. The maximum atomic E-state index is 14.3. The molecule has 0 bridgehead atoms. The second kappa shape index (κ2) is 4.56. The highest BCUT2D eigenvalue weighted by Gasteiger charge is 2.17. The van der Waals surface area contributed by atoms with Crippen LogP contribution < -0.4 is 0 Å². The molecule has 0 aliphatic rings. The van der Waals surface area contributed by atoms with Gasteiger partial charge < -0.3 is 4.98 Å². The van der Waals surface area contributed by atoms with Gasteiger partial charge in [0.25, 0.3) is 0 Å². The smallest absolute Gasteiger partial charge is 0.184 e. The van der Waals surface area contributed by atoms with Gasteiger partial charge in [-0.15, -0.1) is 0 Å². The summed E-state index contributed by atoms with van der Waals surface area (Å²) in [7, 11) is 0. The van der Waals surface area contributed by atoms with E-state index in [-0.39, 0.29) is 5.82 Å². The summed E-state index contributed by atoms with van der Waals surface area (Å²) < 4.78 is 18.3. The van der Waals surface area contributed by atoms with E-state index in [2.05, 4.69) is 10.1 Å². The zero-order valence-corrected chi connectivity index (χ0v) is 12.4. The number of rotatable bonds is 2. The minimum absolute atomic E-state index is 0.288. The number of fused-ring (bicyclic) bond motifs is 1. The molecule has 0 radical (unpaired) electrons. The van der Waals surface area contributed by atoms with Crippen molar-refractivity contribution in [1.82, 2.24) is 19.3 Å². The van der Waals surface area contributed by atoms with Gasteiger partial charge in [-0.2, -0.15) is 5.10 Å². The molecule has 1 aromatic carbocycles. The Labute approximate surface area is 120 Å². The summed E-state index contributed by atoms with van der Waals surface area (Å²) in [6.07, 6.45) is 0. The van der Waals surface area contributed by atoms with Gasteiger partial charge in [-0.3, -0.25) is 4.57 Å². The van der Waals surface area contributed by atoms with E-state index in [9.17, 15) is 4.39 Å². The molecule has 0 amide bonds. The molecule has 0 atom stereocenters. The number of aromatic nitrogens is 4. The van der Waals surface area contributed by atoms with Gasteiger partial charge in [-0.25, -0.2) is 9.07 Å². The Hall–Kier alpha value is -1.95. The van der Waals surface area contributed by atoms with E-state index in [1.807, 2.05) is 31.5 Å². The molecule has 2 aromatic heterocycles. The van der Waals surface area contributed by atoms with E-state index < -0.39 is 0 Å². The summed E-state index contributed by atoms with van der Waals surface area (Å²) in [5.74, 6) is -0.288. The van der Waals surface area contributed by atoms with Gasteiger partial charge in [0.1, 0.15) is 11.3 Å². The molecule has 0 fully saturated rings. The first-order valence-corrected chi connectivity index (χ1v) is 6.88. The van der Waals surface area contributed by atoms with Crippen LogP contribution in [0.15, 0.2) is 18.2 Å². The number of hydrogen-bond acceptors (Lipinski definition) is 2. The average molecular weight is 290 g/mol. The highest BCUT2D eigenvalue weighted by atomic mass is 32.1. The summed E-state index contributed by atoms with van der Waals surface area (Å²) in [4.78, 5) is 3.12. The minimum Gasteiger partial charge on any atom is -0.327 e. The Morgan fingerprint density at radius 2 is 2.10 bits per heavy atom. The SMILES string of the molecule is CCn1nc(C)c2[nH]c(=S)n(-c3ccc(C)cc3F)c21. The molecule has 6 heteroatoms. The fourth-order valence-electron chi connectivity index (χ4n) is 2.44. The third kappa shape index (κ3) is 1.79. The molecule has 0 aliphatic heterocycles. The van der Waals surface area contributed by atoms with Crippen LogP contribution in [0.5, 0.6) is 0 Å². The van der Waals surface area contributed by atoms with Crippen molar-refractivity contribution >= 4 is 23.4 Å². The molecule has 3 rings (SSSR count). The molecule has 0 saturated carbocycles. The zero-order chi connectivity index (χ0) is 14.4. The van der Waals surface area contributed by atoms with Crippen molar-refractivity contribution in [3.8, 4) is 5.69 Å². The highest BCUT2D eigenvalue weighted by Crippen LogP contribution is 2.24. The van der Waals surface area contributed by atoms with Crippen LogP contribution in [0.25, 0.3) is 16.9 Å². The molecule has 0 unspecified atom stereocenters. The van der Waals surface area contributed by atoms with Gasteiger partial charge in [-0.1, -0.05) is 6.07 Å². The standard InChI is InChI=1S/C14H15FN4S/c1-4-18-13-12(9(3)17-18)16-14(20)19(13)11-6-5-8(2)7-10(11)15/h5-7H,4H2,1-3H3,(H,16,20). The number of benzene rings is 1. The Morgan fingerprint density at radius 3 is 2.75 bits per heavy atom. The third-order valence-corrected chi connectivity index (χ3v) is 3.68. The van der Waals surface area contributed by atoms with E-state index in [4.69, 9.17) is 12.2 Å². The van der Waals surface area contributed by atoms with E-state index in [1.54, 1.807) is 10.6 Å². The Morgan fingerprint density at radius 1 is 1.35 bits per heavy atom. The van der Waals surface area contributed by atoms with Crippen LogP contribution in [0.3, 0.4) is 0 Å². The number of aryl methyl sites for hydroxylation is 3. The first kappa shape index (κ1) is 13.1. The summed E-state index contributed by atoms with van der Waals surface area (Å²) in [6, 6.07) is 5.13. The topological polar surface area (TPSA) is 38.5 Å². The highest BCUT2D eigenvalue weighted by molar-refractivity contribution is 7.71. The minimum atomic E-state index is -0.288. The number of imidazole rings is 1. The summed E-state index contributed by atoms with van der Waals surface area (Å²) in [5.41, 5.74) is 3.85. The van der Waals surface area contributed by atoms with Crippen molar-refractivity contribution in [1.29, 1.82) is 0 Å². The molecule has 0 saturated heterocycles. The lowest BCUT2D eigenvalue weighted by Crippen LogP contribution is -2.05. The van der Waals surface area contributed by atoms with Crippen molar-refractivity contribution < 1.29 is 4.39 Å². The molecule has 4 nitrogen and oxygen atoms in total. The summed E-state index contributed by atoms with van der Waals surface area (Å²) in [6.45, 7) is 6.47. The maximum absolute atomic E-state index is 14.3. The van der Waals surface area contributed by atoms with Gasteiger partial charge in [-0.05, 0) is 50.7 Å². The number of H-pyrrole nitrogens is 1. The molecule has 0 spiro atoms. The number of nitrogens with zero attached hydrogens (tertiary/aromatic N) is 3. The van der Waals surface area contributed by atoms with Crippen LogP contribution in [-0.2, 0) is 6.54 Å². The fraction of sp³-hybridized carbons (Fsp3) is 0.286. The monoisotopic (exact) mass is 290 g/mol. The zero-order valence-electron chi connectivity index (χ0n) is 11.6. The predicted octanol–water partition coefficient (Wildman–Crippen LogP) is 3.66. The first-order valence-electron chi connectivity index (χ1n) is 6.47. The van der Waals surface area contributed by atoms with Gasteiger partial charge in [0.05, 0.1) is 11.4 Å². The molecule has 0 aliphatic carbocycles. The van der Waals surface area contributed by atoms with Crippen LogP contribution >= 0.6 is 12.2 Å². The van der Waals surface area contributed by atoms with Crippen molar-refractivity contribution in [3.63, 3.8) is 0 Å². The van der Waals surface area contributed by atoms with Gasteiger partial charge in [0, 0.05) is 6.54 Å². The lowest BCUT2D eigenvalue weighted by atomic mass is 10.2. The Kier molecular flexibility index (Phi) is 2.97. The van der Waals surface area contributed by atoms with Crippen LogP contribution in [0, 0.1) is 24.4 Å². The summed E-state index contributed by atoms with van der Waals surface area (Å²) >= 11 is 5.35. The van der Waals surface area contributed by atoms with Crippen LogP contribution in [0.1, 0.15) is 18.2 Å². The number of nitrogens with one attached hydrogen (secondary N) is 1. The average Bonchev–Trinajstić information content (AvgIpc) is 2.88. The van der Waals surface area contributed by atoms with Crippen molar-refractivity contribution in [2.45, 2.75) is 27.3 Å². The normalized spacial score (nSPS) is 11.4.